The van der Waals surface area contributed by atoms with Crippen LogP contribution in [0.25, 0.3) is 0 Å². The number of rotatable bonds is 7. The molecule has 0 saturated heterocycles. The Morgan fingerprint density at radius 2 is 1.80 bits per heavy atom. The van der Waals surface area contributed by atoms with E-state index in [2.05, 4.69) is 0 Å². The van der Waals surface area contributed by atoms with Gasteiger partial charge in [0.25, 0.3) is 0 Å². The monoisotopic (exact) mass is 236 g/mol. The first-order valence-electron chi connectivity index (χ1n) is 5.18. The van der Waals surface area contributed by atoms with Crippen LogP contribution in [0.1, 0.15) is 33.6 Å². The van der Waals surface area contributed by atoms with E-state index in [1.807, 2.05) is 13.8 Å². The predicted octanol–water partition coefficient (Wildman–Crippen LogP) is 1.56. The first kappa shape index (κ1) is 14.4. The van der Waals surface area contributed by atoms with Crippen LogP contribution in [0.15, 0.2) is 0 Å². The molecule has 0 bridgehead atoms. The molecule has 0 rings (SSSR count). The van der Waals surface area contributed by atoms with Crippen LogP contribution in [0.4, 0.5) is 0 Å². The van der Waals surface area contributed by atoms with Crippen LogP contribution in [0, 0.1) is 11.8 Å². The molecular weight excluding hydrogens is 216 g/mol. The lowest BCUT2D eigenvalue weighted by Gasteiger charge is -2.08. The van der Waals surface area contributed by atoms with E-state index >= 15 is 0 Å². The van der Waals surface area contributed by atoms with Gasteiger partial charge in [-0.05, 0) is 12.3 Å². The molecule has 1 unspecified atom stereocenters. The third-order valence-corrected chi connectivity index (χ3v) is 4.08. The third kappa shape index (κ3) is 7.36. The largest absolute Gasteiger partial charge is 0.481 e. The Morgan fingerprint density at radius 1 is 1.27 bits per heavy atom. The van der Waals surface area contributed by atoms with E-state index in [1.54, 1.807) is 0 Å². The fourth-order valence-corrected chi connectivity index (χ4v) is 2.92. The summed E-state index contributed by atoms with van der Waals surface area (Å²) in [5.74, 6) is -1.53. The molecule has 0 fully saturated rings. The topological polar surface area (TPSA) is 71.4 Å². The maximum atomic E-state index is 11.5. The normalized spacial score (nSPS) is 14.1. The van der Waals surface area contributed by atoms with Crippen molar-refractivity contribution in [3.8, 4) is 0 Å². The van der Waals surface area contributed by atoms with Gasteiger partial charge in [-0.1, -0.05) is 27.2 Å². The van der Waals surface area contributed by atoms with Gasteiger partial charge in [-0.15, -0.1) is 0 Å². The molecule has 4 nitrogen and oxygen atoms in total. The number of aliphatic carboxylic acids is 1. The minimum atomic E-state index is -3.20. The standard InChI is InChI=1S/C10H20O4S/c1-8(2)5-4-6-15(13,14)7-9(3)10(11)12/h8-9H,4-7H2,1-3H3,(H,11,12). The number of sulfone groups is 1. The van der Waals surface area contributed by atoms with Crippen LogP contribution < -0.4 is 0 Å². The molecule has 15 heavy (non-hydrogen) atoms. The van der Waals surface area contributed by atoms with Crippen molar-refractivity contribution in [3.05, 3.63) is 0 Å². The number of carbonyl (C=O) groups is 1. The highest BCUT2D eigenvalue weighted by Crippen LogP contribution is 2.08. The van der Waals surface area contributed by atoms with Crippen LogP contribution in [0.5, 0.6) is 0 Å². The Hall–Kier alpha value is -0.580. The van der Waals surface area contributed by atoms with Gasteiger partial charge in [0.1, 0.15) is 0 Å². The summed E-state index contributed by atoms with van der Waals surface area (Å²) < 4.78 is 22.9. The summed E-state index contributed by atoms with van der Waals surface area (Å²) in [6.45, 7) is 5.49. The lowest BCUT2D eigenvalue weighted by atomic mass is 10.1. The molecule has 0 saturated carbocycles. The van der Waals surface area contributed by atoms with Crippen LogP contribution >= 0.6 is 0 Å². The van der Waals surface area contributed by atoms with Gasteiger partial charge in [-0.3, -0.25) is 4.79 Å². The maximum Gasteiger partial charge on any atom is 0.307 e. The molecule has 0 aromatic heterocycles. The Labute approximate surface area is 91.6 Å². The van der Waals surface area contributed by atoms with Crippen molar-refractivity contribution in [1.82, 2.24) is 0 Å². The molecule has 0 spiro atoms. The minimum absolute atomic E-state index is 0.100. The van der Waals surface area contributed by atoms with Gasteiger partial charge in [0, 0.05) is 0 Å². The second-order valence-electron chi connectivity index (χ2n) is 4.39. The summed E-state index contributed by atoms with van der Waals surface area (Å²) >= 11 is 0. The number of hydrogen-bond donors (Lipinski definition) is 1. The summed E-state index contributed by atoms with van der Waals surface area (Å²) in [5, 5.41) is 8.59. The highest BCUT2D eigenvalue weighted by atomic mass is 32.2. The first-order chi connectivity index (χ1) is 6.74. The Morgan fingerprint density at radius 3 is 2.20 bits per heavy atom. The molecular formula is C10H20O4S. The lowest BCUT2D eigenvalue weighted by Crippen LogP contribution is -2.23. The second-order valence-corrected chi connectivity index (χ2v) is 6.62. The SMILES string of the molecule is CC(C)CCCS(=O)(=O)CC(C)C(=O)O. The second kappa shape index (κ2) is 6.10. The number of carboxylic acids is 1. The van der Waals surface area contributed by atoms with Gasteiger partial charge < -0.3 is 5.11 Å². The molecule has 0 aliphatic rings. The van der Waals surface area contributed by atoms with Crippen molar-refractivity contribution in [3.63, 3.8) is 0 Å². The number of hydrogen-bond acceptors (Lipinski definition) is 3. The van der Waals surface area contributed by atoms with Crippen LogP contribution in [0.2, 0.25) is 0 Å². The first-order valence-corrected chi connectivity index (χ1v) is 7.00. The Kier molecular flexibility index (Phi) is 5.87. The average molecular weight is 236 g/mol. The minimum Gasteiger partial charge on any atom is -0.481 e. The molecule has 0 aliphatic heterocycles. The summed E-state index contributed by atoms with van der Waals surface area (Å²) in [6, 6.07) is 0. The van der Waals surface area contributed by atoms with E-state index in [0.717, 1.165) is 6.42 Å². The van der Waals surface area contributed by atoms with Gasteiger partial charge in [0.15, 0.2) is 9.84 Å². The van der Waals surface area contributed by atoms with Gasteiger partial charge in [-0.25, -0.2) is 8.42 Å². The van der Waals surface area contributed by atoms with E-state index in [9.17, 15) is 13.2 Å². The molecule has 5 heteroatoms. The zero-order chi connectivity index (χ0) is 12.1. The molecule has 0 amide bonds. The third-order valence-electron chi connectivity index (χ3n) is 2.16. The smallest absolute Gasteiger partial charge is 0.307 e. The molecule has 0 aliphatic carbocycles. The quantitative estimate of drug-likeness (QED) is 0.728. The predicted molar refractivity (Wildman–Crippen MR) is 59.5 cm³/mol. The highest BCUT2D eigenvalue weighted by molar-refractivity contribution is 7.91. The van der Waals surface area contributed by atoms with E-state index in [1.165, 1.54) is 6.92 Å². The average Bonchev–Trinajstić information content (AvgIpc) is 2.01. The van der Waals surface area contributed by atoms with Crippen molar-refractivity contribution in [2.24, 2.45) is 11.8 Å². The fourth-order valence-electron chi connectivity index (χ4n) is 1.25. The number of carboxylic acid groups (broad SMARTS) is 1. The van der Waals surface area contributed by atoms with Gasteiger partial charge >= 0.3 is 5.97 Å². The zero-order valence-corrected chi connectivity index (χ0v) is 10.4. The van der Waals surface area contributed by atoms with Crippen LogP contribution in [-0.4, -0.2) is 31.0 Å². The van der Waals surface area contributed by atoms with Crippen molar-refractivity contribution in [2.75, 3.05) is 11.5 Å². The molecule has 90 valence electrons. The van der Waals surface area contributed by atoms with Gasteiger partial charge in [-0.2, -0.15) is 0 Å². The van der Waals surface area contributed by atoms with Crippen LogP contribution in [0.3, 0.4) is 0 Å². The fraction of sp³-hybridized carbons (Fsp3) is 0.900. The summed E-state index contributed by atoms with van der Waals surface area (Å²) in [5.41, 5.74) is 0. The van der Waals surface area contributed by atoms with Crippen molar-refractivity contribution in [1.29, 1.82) is 0 Å². The molecule has 0 radical (unpaired) electrons. The highest BCUT2D eigenvalue weighted by Gasteiger charge is 2.20. The molecule has 0 aromatic rings. The molecule has 0 heterocycles. The van der Waals surface area contributed by atoms with E-state index in [4.69, 9.17) is 5.11 Å². The summed E-state index contributed by atoms with van der Waals surface area (Å²) in [6.07, 6.45) is 1.48. The van der Waals surface area contributed by atoms with Gasteiger partial charge in [0.05, 0.1) is 17.4 Å². The zero-order valence-electron chi connectivity index (χ0n) is 9.56. The van der Waals surface area contributed by atoms with Crippen molar-refractivity contribution >= 4 is 15.8 Å². The maximum absolute atomic E-state index is 11.5. The molecule has 1 atom stereocenters. The Balaban J connectivity index is 4.03. The Bertz CT molecular complexity index is 293. The van der Waals surface area contributed by atoms with Crippen molar-refractivity contribution < 1.29 is 18.3 Å². The van der Waals surface area contributed by atoms with E-state index in [0.29, 0.717) is 12.3 Å². The lowest BCUT2D eigenvalue weighted by molar-refractivity contribution is -0.140. The van der Waals surface area contributed by atoms with Gasteiger partial charge in [0.2, 0.25) is 0 Å². The summed E-state index contributed by atoms with van der Waals surface area (Å²) in [7, 11) is -3.20. The molecule has 0 aromatic carbocycles. The summed E-state index contributed by atoms with van der Waals surface area (Å²) in [4.78, 5) is 10.5. The van der Waals surface area contributed by atoms with Crippen molar-refractivity contribution in [2.45, 2.75) is 33.6 Å². The van der Waals surface area contributed by atoms with Crippen LogP contribution in [-0.2, 0) is 14.6 Å². The van der Waals surface area contributed by atoms with E-state index < -0.39 is 21.7 Å². The van der Waals surface area contributed by atoms with E-state index in [-0.39, 0.29) is 11.5 Å². The molecule has 1 N–H and O–H groups in total.